The van der Waals surface area contributed by atoms with E-state index in [1.54, 1.807) is 19.2 Å². The lowest BCUT2D eigenvalue weighted by Gasteiger charge is -2.10. The molecule has 1 N–H and O–H groups in total. The third kappa shape index (κ3) is 4.82. The van der Waals surface area contributed by atoms with Gasteiger partial charge in [-0.2, -0.15) is 0 Å². The average molecular weight is 463 g/mol. The zero-order valence-corrected chi connectivity index (χ0v) is 17.6. The number of amides is 1. The number of pyridine rings is 2. The number of rotatable bonds is 4. The fourth-order valence-corrected chi connectivity index (χ4v) is 2.93. The molecule has 0 unspecified atom stereocenters. The van der Waals surface area contributed by atoms with E-state index in [2.05, 4.69) is 31.2 Å². The number of benzene rings is 1. The van der Waals surface area contributed by atoms with Crippen LogP contribution in [-0.4, -0.2) is 15.9 Å². The second-order valence-electron chi connectivity index (χ2n) is 5.89. The minimum Gasteiger partial charge on any atom is -0.307 e. The Morgan fingerprint density at radius 1 is 1.07 bits per heavy atom. The Morgan fingerprint density at radius 3 is 2.36 bits per heavy atom. The SMILES string of the molecule is CC=C(c1ccc(Br)cc1)c1ccc(NC(=O)c2cncc(F)c2C)nc1.Cl. The van der Waals surface area contributed by atoms with Gasteiger partial charge in [0.15, 0.2) is 0 Å². The molecule has 0 aliphatic rings. The van der Waals surface area contributed by atoms with Crippen molar-refractivity contribution in [3.63, 3.8) is 0 Å². The molecule has 0 saturated heterocycles. The molecule has 28 heavy (non-hydrogen) atoms. The second-order valence-corrected chi connectivity index (χ2v) is 6.81. The number of halogens is 3. The highest BCUT2D eigenvalue weighted by atomic mass is 79.9. The molecule has 0 bridgehead atoms. The van der Waals surface area contributed by atoms with Crippen LogP contribution in [0.2, 0.25) is 0 Å². The Balaban J connectivity index is 0.00000280. The highest BCUT2D eigenvalue weighted by Crippen LogP contribution is 2.25. The molecule has 3 aromatic rings. The van der Waals surface area contributed by atoms with Crippen molar-refractivity contribution in [3.05, 3.63) is 93.6 Å². The Morgan fingerprint density at radius 2 is 1.75 bits per heavy atom. The van der Waals surface area contributed by atoms with Crippen LogP contribution in [0.15, 0.2) is 65.5 Å². The Labute approximate surface area is 177 Å². The molecule has 0 fully saturated rings. The molecule has 1 amide bonds. The lowest BCUT2D eigenvalue weighted by atomic mass is 9.99. The lowest BCUT2D eigenvalue weighted by Crippen LogP contribution is -2.15. The van der Waals surface area contributed by atoms with Crippen molar-refractivity contribution in [2.75, 3.05) is 5.32 Å². The van der Waals surface area contributed by atoms with Crippen molar-refractivity contribution in [2.45, 2.75) is 13.8 Å². The summed E-state index contributed by atoms with van der Waals surface area (Å²) in [5.74, 6) is -0.573. The molecule has 1 aromatic carbocycles. The van der Waals surface area contributed by atoms with Crippen LogP contribution in [0, 0.1) is 12.7 Å². The quantitative estimate of drug-likeness (QED) is 0.532. The summed E-state index contributed by atoms with van der Waals surface area (Å²) in [6.45, 7) is 3.51. The molecule has 0 aliphatic carbocycles. The number of nitrogens with one attached hydrogen (secondary N) is 1. The number of allylic oxidation sites excluding steroid dienone is 1. The van der Waals surface area contributed by atoms with E-state index in [4.69, 9.17) is 0 Å². The van der Waals surface area contributed by atoms with Crippen LogP contribution in [-0.2, 0) is 0 Å². The molecule has 2 heterocycles. The number of carbonyl (C=O) groups is 1. The first-order valence-electron chi connectivity index (χ1n) is 8.29. The molecule has 0 atom stereocenters. The van der Waals surface area contributed by atoms with E-state index in [9.17, 15) is 9.18 Å². The van der Waals surface area contributed by atoms with Gasteiger partial charge in [-0.15, -0.1) is 12.4 Å². The van der Waals surface area contributed by atoms with Crippen LogP contribution in [0.25, 0.3) is 5.57 Å². The van der Waals surface area contributed by atoms with Crippen molar-refractivity contribution < 1.29 is 9.18 Å². The second kappa shape index (κ2) is 9.57. The summed E-state index contributed by atoms with van der Waals surface area (Å²) in [5.41, 5.74) is 3.48. The minimum absolute atomic E-state index is 0. The number of hydrogen-bond acceptors (Lipinski definition) is 3. The van der Waals surface area contributed by atoms with Crippen LogP contribution in [0.5, 0.6) is 0 Å². The maximum absolute atomic E-state index is 13.6. The molecule has 2 aromatic heterocycles. The zero-order valence-electron chi connectivity index (χ0n) is 15.2. The number of hydrogen-bond donors (Lipinski definition) is 1. The van der Waals surface area contributed by atoms with Gasteiger partial charge in [-0.05, 0) is 49.2 Å². The van der Waals surface area contributed by atoms with Crippen LogP contribution < -0.4 is 5.32 Å². The number of nitrogens with zero attached hydrogens (tertiary/aromatic N) is 2. The van der Waals surface area contributed by atoms with Gasteiger partial charge in [-0.1, -0.05) is 34.1 Å². The first kappa shape index (κ1) is 21.7. The maximum atomic E-state index is 13.6. The number of anilines is 1. The Kier molecular flexibility index (Phi) is 7.43. The molecule has 0 aliphatic heterocycles. The molecule has 0 saturated carbocycles. The number of carbonyl (C=O) groups excluding carboxylic acids is 1. The van der Waals surface area contributed by atoms with Gasteiger partial charge in [0.05, 0.1) is 11.8 Å². The monoisotopic (exact) mass is 461 g/mol. The normalized spacial score (nSPS) is 10.9. The smallest absolute Gasteiger partial charge is 0.258 e. The molecular weight excluding hydrogens is 445 g/mol. The highest BCUT2D eigenvalue weighted by molar-refractivity contribution is 9.10. The molecular formula is C21H18BrClFN3O. The van der Waals surface area contributed by atoms with Crippen molar-refractivity contribution in [2.24, 2.45) is 0 Å². The van der Waals surface area contributed by atoms with E-state index in [0.717, 1.165) is 27.4 Å². The first-order chi connectivity index (χ1) is 13.0. The molecule has 4 nitrogen and oxygen atoms in total. The van der Waals surface area contributed by atoms with Gasteiger partial charge in [0.2, 0.25) is 0 Å². The predicted octanol–water partition coefficient (Wildman–Crippen LogP) is 5.81. The topological polar surface area (TPSA) is 54.9 Å². The van der Waals surface area contributed by atoms with Gasteiger partial charge < -0.3 is 5.32 Å². The van der Waals surface area contributed by atoms with Gasteiger partial charge >= 0.3 is 0 Å². The molecule has 3 rings (SSSR count). The van der Waals surface area contributed by atoms with Crippen LogP contribution in [0.4, 0.5) is 10.2 Å². The molecule has 7 heteroatoms. The van der Waals surface area contributed by atoms with Gasteiger partial charge in [0.25, 0.3) is 5.91 Å². The van der Waals surface area contributed by atoms with Crippen molar-refractivity contribution in [1.29, 1.82) is 0 Å². The summed E-state index contributed by atoms with van der Waals surface area (Å²) in [7, 11) is 0. The zero-order chi connectivity index (χ0) is 19.4. The Hall–Kier alpha value is -2.57. The van der Waals surface area contributed by atoms with E-state index in [1.807, 2.05) is 43.3 Å². The third-order valence-electron chi connectivity index (χ3n) is 4.16. The molecule has 0 spiro atoms. The minimum atomic E-state index is -0.516. The number of aromatic nitrogens is 2. The van der Waals surface area contributed by atoms with E-state index >= 15 is 0 Å². The van der Waals surface area contributed by atoms with Gasteiger partial charge in [-0.3, -0.25) is 9.78 Å². The maximum Gasteiger partial charge on any atom is 0.258 e. The standard InChI is InChI=1S/C21H17BrFN3O.ClH/c1-3-17(14-4-7-16(22)8-5-14)15-6-9-20(25-10-15)26-21(27)18-11-24-12-19(23)13(18)2;/h3-12H,1-2H3,(H,25,26,27);1H. The summed E-state index contributed by atoms with van der Waals surface area (Å²) in [6.07, 6.45) is 6.14. The van der Waals surface area contributed by atoms with Crippen molar-refractivity contribution in [3.8, 4) is 0 Å². The average Bonchev–Trinajstić information content (AvgIpc) is 2.67. The van der Waals surface area contributed by atoms with Crippen LogP contribution in [0.1, 0.15) is 34.0 Å². The van der Waals surface area contributed by atoms with E-state index < -0.39 is 11.7 Å². The highest BCUT2D eigenvalue weighted by Gasteiger charge is 2.13. The van der Waals surface area contributed by atoms with Crippen molar-refractivity contribution >= 4 is 45.6 Å². The summed E-state index contributed by atoms with van der Waals surface area (Å²) in [4.78, 5) is 20.4. The van der Waals surface area contributed by atoms with E-state index in [0.29, 0.717) is 5.82 Å². The van der Waals surface area contributed by atoms with Gasteiger partial charge in [0.1, 0.15) is 11.6 Å². The van der Waals surface area contributed by atoms with Gasteiger partial charge in [0, 0.05) is 28.0 Å². The molecule has 0 radical (unpaired) electrons. The lowest BCUT2D eigenvalue weighted by molar-refractivity contribution is 0.102. The fraction of sp³-hybridized carbons (Fsp3) is 0.0952. The summed E-state index contributed by atoms with van der Waals surface area (Å²) in [5, 5.41) is 2.68. The Bertz CT molecular complexity index is 1010. The fourth-order valence-electron chi connectivity index (χ4n) is 2.67. The van der Waals surface area contributed by atoms with E-state index in [-0.39, 0.29) is 23.5 Å². The predicted molar refractivity (Wildman–Crippen MR) is 115 cm³/mol. The van der Waals surface area contributed by atoms with Crippen LogP contribution in [0.3, 0.4) is 0 Å². The van der Waals surface area contributed by atoms with Crippen molar-refractivity contribution in [1.82, 2.24) is 9.97 Å². The summed E-state index contributed by atoms with van der Waals surface area (Å²) < 4.78 is 14.6. The molecule has 144 valence electrons. The van der Waals surface area contributed by atoms with Gasteiger partial charge in [-0.25, -0.2) is 9.37 Å². The third-order valence-corrected chi connectivity index (χ3v) is 4.69. The first-order valence-corrected chi connectivity index (χ1v) is 9.09. The van der Waals surface area contributed by atoms with Crippen LogP contribution >= 0.6 is 28.3 Å². The summed E-state index contributed by atoms with van der Waals surface area (Å²) >= 11 is 3.43. The summed E-state index contributed by atoms with van der Waals surface area (Å²) in [6, 6.07) is 11.6. The van der Waals surface area contributed by atoms with E-state index in [1.165, 1.54) is 6.20 Å². The largest absolute Gasteiger partial charge is 0.307 e.